The number of phenols is 3. The van der Waals surface area contributed by atoms with E-state index in [2.05, 4.69) is 26.6 Å². The summed E-state index contributed by atoms with van der Waals surface area (Å²) in [6.45, 7) is 1.63. The fourth-order valence-electron chi connectivity index (χ4n) is 5.29. The lowest BCUT2D eigenvalue weighted by Gasteiger charge is -2.16. The van der Waals surface area contributed by atoms with Gasteiger partial charge in [-0.15, -0.1) is 0 Å². The van der Waals surface area contributed by atoms with Crippen LogP contribution in [0.15, 0.2) is 115 Å². The summed E-state index contributed by atoms with van der Waals surface area (Å²) in [7, 11) is 0. The van der Waals surface area contributed by atoms with Crippen LogP contribution in [0.25, 0.3) is 6.08 Å². The lowest BCUT2D eigenvalue weighted by Crippen LogP contribution is -2.43. The summed E-state index contributed by atoms with van der Waals surface area (Å²) in [4.78, 5) is 75.4. The molecule has 58 heavy (non-hydrogen) atoms. The molecule has 0 fully saturated rings. The highest BCUT2D eigenvalue weighted by Crippen LogP contribution is 2.26. The van der Waals surface area contributed by atoms with E-state index in [-0.39, 0.29) is 57.4 Å². The number of hydrogen-bond donors (Lipinski definition) is 9. The van der Waals surface area contributed by atoms with Crippen molar-refractivity contribution >= 4 is 64.3 Å². The Bertz CT molecular complexity index is 2470. The van der Waals surface area contributed by atoms with Gasteiger partial charge in [-0.25, -0.2) is 4.79 Å². The smallest absolute Gasteiger partial charge is 0.339 e. The fraction of sp³-hybridized carbons (Fsp3) is 0.0714. The maximum Gasteiger partial charge on any atom is 0.339 e. The van der Waals surface area contributed by atoms with Crippen LogP contribution in [0.4, 0.5) is 22.7 Å². The zero-order valence-electron chi connectivity index (χ0n) is 30.4. The number of hydrogen-bond acceptors (Lipinski definition) is 10. The third kappa shape index (κ3) is 10.6. The quantitative estimate of drug-likeness (QED) is 0.0654. The Balaban J connectivity index is 1.13. The average molecular weight is 783 g/mol. The van der Waals surface area contributed by atoms with E-state index in [1.807, 2.05) is 6.07 Å². The number of nitrogens with zero attached hydrogens (tertiary/aromatic N) is 1. The molecular formula is C42H34N6O10. The number of aromatic carboxylic acids is 1. The lowest BCUT2D eigenvalue weighted by molar-refractivity contribution is -0.118. The number of aromatic hydroxyl groups is 3. The van der Waals surface area contributed by atoms with Crippen molar-refractivity contribution in [2.75, 3.05) is 21.3 Å². The van der Waals surface area contributed by atoms with Gasteiger partial charge in [0.25, 0.3) is 23.6 Å². The zero-order valence-corrected chi connectivity index (χ0v) is 30.4. The van der Waals surface area contributed by atoms with E-state index >= 15 is 0 Å². The van der Waals surface area contributed by atoms with Gasteiger partial charge in [-0.1, -0.05) is 12.1 Å². The lowest BCUT2D eigenvalue weighted by atomic mass is 10.1. The topological polar surface area (TPSA) is 267 Å². The van der Waals surface area contributed by atoms with Gasteiger partial charge >= 0.3 is 5.97 Å². The number of anilines is 4. The molecule has 5 aromatic rings. The second-order valence-electron chi connectivity index (χ2n) is 12.6. The largest absolute Gasteiger partial charge is 0.508 e. The molecule has 0 radical (unpaired) electrons. The average Bonchev–Trinajstić information content (AvgIpc) is 3.19. The van der Waals surface area contributed by atoms with Crippen molar-refractivity contribution < 1.29 is 49.2 Å². The molecule has 0 saturated heterocycles. The van der Waals surface area contributed by atoms with Crippen molar-refractivity contribution in [3.8, 4) is 23.3 Å². The Kier molecular flexibility index (Phi) is 12.8. The maximum atomic E-state index is 13.1. The molecule has 9 N–H and O–H groups in total. The Morgan fingerprint density at radius 3 is 1.66 bits per heavy atom. The van der Waals surface area contributed by atoms with Gasteiger partial charge in [0, 0.05) is 51.6 Å². The minimum atomic E-state index is -1.35. The van der Waals surface area contributed by atoms with Crippen molar-refractivity contribution in [3.05, 3.63) is 143 Å². The minimum Gasteiger partial charge on any atom is -0.508 e. The van der Waals surface area contributed by atoms with E-state index in [0.29, 0.717) is 11.3 Å². The molecule has 0 saturated carbocycles. The number of carboxylic acids is 1. The van der Waals surface area contributed by atoms with Crippen LogP contribution >= 0.6 is 0 Å². The summed E-state index contributed by atoms with van der Waals surface area (Å²) in [6.07, 6.45) is 1.30. The molecule has 0 aromatic heterocycles. The van der Waals surface area contributed by atoms with Crippen LogP contribution < -0.4 is 26.6 Å². The van der Waals surface area contributed by atoms with Crippen molar-refractivity contribution in [2.45, 2.75) is 19.4 Å². The molecule has 16 heteroatoms. The van der Waals surface area contributed by atoms with Gasteiger partial charge in [0.1, 0.15) is 28.9 Å². The van der Waals surface area contributed by atoms with Gasteiger partial charge < -0.3 is 47.0 Å². The highest BCUT2D eigenvalue weighted by atomic mass is 16.4. The number of nitriles is 1. The Labute approximate surface area is 330 Å². The summed E-state index contributed by atoms with van der Waals surface area (Å²) in [5, 5.41) is 61.0. The molecule has 1 atom stereocenters. The van der Waals surface area contributed by atoms with Crippen LogP contribution in [0.5, 0.6) is 17.2 Å². The molecule has 16 nitrogen and oxygen atoms in total. The zero-order chi connectivity index (χ0) is 41.9. The second-order valence-corrected chi connectivity index (χ2v) is 12.6. The monoisotopic (exact) mass is 782 g/mol. The minimum absolute atomic E-state index is 0.0774. The summed E-state index contributed by atoms with van der Waals surface area (Å²) < 4.78 is 0. The molecule has 0 heterocycles. The molecule has 5 rings (SSSR count). The maximum absolute atomic E-state index is 13.1. The Hall–Kier alpha value is -8.45. The van der Waals surface area contributed by atoms with Gasteiger partial charge in [-0.05, 0) is 103 Å². The number of carbonyl (C=O) groups excluding carboxylic acids is 5. The molecule has 292 valence electrons. The Morgan fingerprint density at radius 1 is 0.621 bits per heavy atom. The Morgan fingerprint density at radius 2 is 1.12 bits per heavy atom. The predicted octanol–water partition coefficient (Wildman–Crippen LogP) is 5.70. The summed E-state index contributed by atoms with van der Waals surface area (Å²) in [6, 6.07) is 25.7. The van der Waals surface area contributed by atoms with E-state index in [1.54, 1.807) is 25.1 Å². The predicted molar refractivity (Wildman–Crippen MR) is 212 cm³/mol. The SMILES string of the molecule is C/C(=C\c1ccc(O)cc1)C(=O)Nc1ccc(C(=O)NC(CC#N)C(=O)Nc2ccc(C(=O)Nc3ccc(C(=O)Nc4ccc(C(=O)O)c(O)c4)c(O)c3)cc2)cc1. The summed E-state index contributed by atoms with van der Waals surface area (Å²) in [5.74, 6) is -5.37. The molecular weight excluding hydrogens is 748 g/mol. The molecule has 0 bridgehead atoms. The van der Waals surface area contributed by atoms with E-state index in [4.69, 9.17) is 5.11 Å². The van der Waals surface area contributed by atoms with Crippen molar-refractivity contribution in [3.63, 3.8) is 0 Å². The van der Waals surface area contributed by atoms with E-state index in [1.165, 1.54) is 78.9 Å². The van der Waals surface area contributed by atoms with E-state index in [9.17, 15) is 49.3 Å². The molecule has 0 aliphatic carbocycles. The van der Waals surface area contributed by atoms with Crippen LogP contribution in [0.1, 0.15) is 60.3 Å². The van der Waals surface area contributed by atoms with E-state index in [0.717, 1.165) is 23.8 Å². The molecule has 5 amide bonds. The normalized spacial score (nSPS) is 11.3. The first-order valence-corrected chi connectivity index (χ1v) is 17.2. The number of benzene rings is 5. The van der Waals surface area contributed by atoms with Gasteiger partial charge in [-0.3, -0.25) is 24.0 Å². The highest BCUT2D eigenvalue weighted by Gasteiger charge is 2.22. The molecule has 5 aromatic carbocycles. The molecule has 0 aliphatic rings. The number of nitrogens with one attached hydrogen (secondary N) is 5. The standard InChI is InChI=1S/C42H34N6O10/c1-23(20-24-2-14-31(49)15-3-24)37(52)44-27-8-6-26(7-9-27)39(54)48-34(18-19-43)41(56)45-28-10-4-25(5-11-28)38(53)46-29-12-16-32(35(50)21-29)40(55)47-30-13-17-33(42(57)58)36(51)22-30/h2-17,20-22,34,49-51H,18H2,1H3,(H,44,52)(H,45,56)(H,46,53)(H,47,55)(H,48,54)(H,57,58)/b23-20+. The van der Waals surface area contributed by atoms with Crippen LogP contribution in [0.2, 0.25) is 0 Å². The van der Waals surface area contributed by atoms with Crippen molar-refractivity contribution in [1.29, 1.82) is 5.26 Å². The second kappa shape index (κ2) is 18.3. The number of carboxylic acid groups (broad SMARTS) is 1. The number of amides is 5. The molecule has 0 spiro atoms. The fourth-order valence-corrected chi connectivity index (χ4v) is 5.29. The third-order valence-corrected chi connectivity index (χ3v) is 8.36. The van der Waals surface area contributed by atoms with Crippen molar-refractivity contribution in [1.82, 2.24) is 5.32 Å². The first-order valence-electron chi connectivity index (χ1n) is 17.2. The third-order valence-electron chi connectivity index (χ3n) is 8.36. The van der Waals surface area contributed by atoms with Crippen LogP contribution in [0, 0.1) is 11.3 Å². The summed E-state index contributed by atoms with van der Waals surface area (Å²) in [5.41, 5.74) is 1.81. The van der Waals surface area contributed by atoms with Gasteiger partial charge in [0.05, 0.1) is 18.1 Å². The van der Waals surface area contributed by atoms with Crippen LogP contribution in [-0.2, 0) is 9.59 Å². The number of phenolic OH excluding ortho intramolecular Hbond substituents is 2. The number of rotatable bonds is 13. The van der Waals surface area contributed by atoms with Gasteiger partial charge in [-0.2, -0.15) is 5.26 Å². The number of carbonyl (C=O) groups is 6. The van der Waals surface area contributed by atoms with Crippen LogP contribution in [0.3, 0.4) is 0 Å². The van der Waals surface area contributed by atoms with E-state index < -0.39 is 47.1 Å². The van der Waals surface area contributed by atoms with Gasteiger partial charge in [0.15, 0.2) is 0 Å². The molecule has 1 unspecified atom stereocenters. The van der Waals surface area contributed by atoms with Gasteiger partial charge in [0.2, 0.25) is 5.91 Å². The molecule has 0 aliphatic heterocycles. The first-order chi connectivity index (χ1) is 27.7. The summed E-state index contributed by atoms with van der Waals surface area (Å²) >= 11 is 0. The van der Waals surface area contributed by atoms with Crippen LogP contribution in [-0.4, -0.2) is 62.0 Å². The highest BCUT2D eigenvalue weighted by molar-refractivity contribution is 6.09. The van der Waals surface area contributed by atoms with Crippen molar-refractivity contribution in [2.24, 2.45) is 0 Å². The first kappa shape index (κ1) is 40.7.